The topological polar surface area (TPSA) is 0 Å². The second kappa shape index (κ2) is 76.2. The van der Waals surface area contributed by atoms with Crippen LogP contribution in [0.2, 0.25) is 0 Å². The lowest BCUT2D eigenvalue weighted by Crippen LogP contribution is -2.05. The van der Waals surface area contributed by atoms with Gasteiger partial charge in [0.15, 0.2) is 0 Å². The lowest BCUT2D eigenvalue weighted by molar-refractivity contribution is 0.328. The van der Waals surface area contributed by atoms with Gasteiger partial charge in [-0.3, -0.25) is 0 Å². The van der Waals surface area contributed by atoms with Gasteiger partial charge >= 0.3 is 0 Å². The zero-order chi connectivity index (χ0) is 58.9. The van der Waals surface area contributed by atoms with E-state index in [0.717, 1.165) is 5.92 Å². The lowest BCUT2D eigenvalue weighted by atomic mass is 9.85. The first-order chi connectivity index (χ1) is 41.4. The first-order valence-corrected chi connectivity index (χ1v) is 41.4. The second-order valence-electron chi connectivity index (χ2n) is 29.5. The molecule has 0 aromatic heterocycles. The fourth-order valence-corrected chi connectivity index (χ4v) is 14.9. The molecule has 0 heterocycles. The Morgan fingerprint density at radius 3 is 0.361 bits per heavy atom. The zero-order valence-corrected chi connectivity index (χ0v) is 58.9. The molecule has 0 bridgehead atoms. The molecule has 0 aromatic rings. The molecule has 0 aromatic carbocycles. The Kier molecular flexibility index (Phi) is 74.4. The molecule has 0 aliphatic heterocycles. The average Bonchev–Trinajstić information content (AvgIpc) is 3.50. The normalized spacial score (nSPS) is 13.1. The highest BCUT2D eigenvalue weighted by atomic mass is 14.2. The minimum absolute atomic E-state index is 1.10. The van der Waals surface area contributed by atoms with Gasteiger partial charge in [0.1, 0.15) is 0 Å². The van der Waals surface area contributed by atoms with Crippen molar-refractivity contribution in [2.75, 3.05) is 0 Å². The van der Waals surface area contributed by atoms with Crippen molar-refractivity contribution >= 4 is 0 Å². The van der Waals surface area contributed by atoms with Crippen LogP contribution in [-0.2, 0) is 0 Å². The summed E-state index contributed by atoms with van der Waals surface area (Å²) in [5, 5.41) is 0. The van der Waals surface area contributed by atoms with E-state index < -0.39 is 0 Å². The molecule has 1 saturated carbocycles. The molecule has 0 atom stereocenters. The molecule has 0 N–H and O–H groups in total. The van der Waals surface area contributed by atoms with Gasteiger partial charge < -0.3 is 0 Å². The quantitative estimate of drug-likeness (QED) is 0.0533. The van der Waals surface area contributed by atoms with Crippen LogP contribution in [0.4, 0.5) is 0 Å². The van der Waals surface area contributed by atoms with E-state index >= 15 is 0 Å². The molecular formula is C83H166. The molecule has 498 valence electrons. The van der Waals surface area contributed by atoms with Gasteiger partial charge in [-0.05, 0) is 5.92 Å². The zero-order valence-electron chi connectivity index (χ0n) is 58.9. The molecule has 0 spiro atoms. The minimum atomic E-state index is 1.10. The van der Waals surface area contributed by atoms with E-state index in [1.54, 1.807) is 19.3 Å². The van der Waals surface area contributed by atoms with E-state index in [1.807, 2.05) is 0 Å². The molecular weight excluding hydrogens is 997 g/mol. The van der Waals surface area contributed by atoms with Gasteiger partial charge in [0, 0.05) is 0 Å². The van der Waals surface area contributed by atoms with Crippen LogP contribution in [0, 0.1) is 5.92 Å². The Labute approximate surface area is 530 Å². The number of hydrogen-bond donors (Lipinski definition) is 0. The fourth-order valence-electron chi connectivity index (χ4n) is 14.9. The average molecular weight is 1160 g/mol. The van der Waals surface area contributed by atoms with Crippen LogP contribution < -0.4 is 0 Å². The SMILES string of the molecule is CCCCCCCCCCCCCCCCCCCCCCCCCCCCCCCCCCCCCCCCCCCCCCCCCCCCCCCCCCCCCCCCCCCCCCCCCCCCCC1CCCCC1. The van der Waals surface area contributed by atoms with Crippen molar-refractivity contribution in [3.63, 3.8) is 0 Å². The Morgan fingerprint density at radius 2 is 0.241 bits per heavy atom. The molecule has 0 saturated heterocycles. The van der Waals surface area contributed by atoms with E-state index in [0.29, 0.717) is 0 Å². The summed E-state index contributed by atoms with van der Waals surface area (Å²) in [6, 6.07) is 0. The summed E-state index contributed by atoms with van der Waals surface area (Å²) in [6.45, 7) is 2.32. The first-order valence-electron chi connectivity index (χ1n) is 41.4. The standard InChI is InChI=1S/C83H166/c1-2-3-4-5-6-7-8-9-10-11-12-13-14-15-16-17-18-19-20-21-22-23-24-25-26-27-28-29-30-31-32-33-34-35-36-37-38-39-40-41-42-43-44-45-46-47-48-49-50-51-52-53-54-55-56-57-58-59-60-61-62-63-64-65-66-67-68-69-70-71-72-73-74-75-77-80-83-81-78-76-79-82-83/h83H,2-82H2,1H3. The monoisotopic (exact) mass is 1160 g/mol. The van der Waals surface area contributed by atoms with Gasteiger partial charge in [0.25, 0.3) is 0 Å². The molecule has 1 aliphatic rings. The molecule has 0 heteroatoms. The summed E-state index contributed by atoms with van der Waals surface area (Å²) in [4.78, 5) is 0. The third-order valence-electron chi connectivity index (χ3n) is 20.9. The summed E-state index contributed by atoms with van der Waals surface area (Å²) in [5.41, 5.74) is 0. The highest BCUT2D eigenvalue weighted by Crippen LogP contribution is 2.29. The van der Waals surface area contributed by atoms with Gasteiger partial charge in [-0.25, -0.2) is 0 Å². The molecule has 0 unspecified atom stereocenters. The third-order valence-corrected chi connectivity index (χ3v) is 20.9. The van der Waals surface area contributed by atoms with Gasteiger partial charge in [0.05, 0.1) is 0 Å². The Balaban J connectivity index is 1.58. The van der Waals surface area contributed by atoms with Crippen molar-refractivity contribution in [3.05, 3.63) is 0 Å². The van der Waals surface area contributed by atoms with Crippen molar-refractivity contribution in [2.45, 2.75) is 527 Å². The van der Waals surface area contributed by atoms with Gasteiger partial charge in [-0.15, -0.1) is 0 Å². The highest BCUT2D eigenvalue weighted by molar-refractivity contribution is 4.66. The van der Waals surface area contributed by atoms with E-state index in [-0.39, 0.29) is 0 Å². The van der Waals surface area contributed by atoms with Crippen LogP contribution >= 0.6 is 0 Å². The van der Waals surface area contributed by atoms with Crippen molar-refractivity contribution in [2.24, 2.45) is 5.92 Å². The van der Waals surface area contributed by atoms with E-state index in [4.69, 9.17) is 0 Å². The maximum Gasteiger partial charge on any atom is -0.0414 e. The maximum absolute atomic E-state index is 2.32. The van der Waals surface area contributed by atoms with Crippen LogP contribution in [0.25, 0.3) is 0 Å². The van der Waals surface area contributed by atoms with E-state index in [1.165, 1.54) is 501 Å². The van der Waals surface area contributed by atoms with Gasteiger partial charge in [-0.2, -0.15) is 0 Å². The molecule has 83 heavy (non-hydrogen) atoms. The predicted molar refractivity (Wildman–Crippen MR) is 383 cm³/mol. The number of unbranched alkanes of at least 4 members (excludes halogenated alkanes) is 74. The largest absolute Gasteiger partial charge is 0.0654 e. The van der Waals surface area contributed by atoms with Crippen LogP contribution in [0.15, 0.2) is 0 Å². The van der Waals surface area contributed by atoms with Crippen molar-refractivity contribution < 1.29 is 0 Å². The summed E-state index contributed by atoms with van der Waals surface area (Å²) in [5.74, 6) is 1.10. The van der Waals surface area contributed by atoms with Crippen molar-refractivity contribution in [1.29, 1.82) is 0 Å². The number of hydrogen-bond acceptors (Lipinski definition) is 0. The summed E-state index contributed by atoms with van der Waals surface area (Å²) >= 11 is 0. The molecule has 0 nitrogen and oxygen atoms in total. The van der Waals surface area contributed by atoms with Crippen LogP contribution in [0.1, 0.15) is 527 Å². The maximum atomic E-state index is 2.32. The predicted octanol–water partition coefficient (Wildman–Crippen LogP) is 32.2. The third kappa shape index (κ3) is 72.6. The summed E-state index contributed by atoms with van der Waals surface area (Å²) in [7, 11) is 0. The second-order valence-corrected chi connectivity index (χ2v) is 29.5. The lowest BCUT2D eigenvalue weighted by Gasteiger charge is -2.21. The van der Waals surface area contributed by atoms with Crippen LogP contribution in [0.5, 0.6) is 0 Å². The van der Waals surface area contributed by atoms with E-state index in [2.05, 4.69) is 6.92 Å². The Morgan fingerprint density at radius 1 is 0.133 bits per heavy atom. The minimum Gasteiger partial charge on any atom is -0.0654 e. The molecule has 1 fully saturated rings. The van der Waals surface area contributed by atoms with Gasteiger partial charge in [0.2, 0.25) is 0 Å². The van der Waals surface area contributed by atoms with Crippen molar-refractivity contribution in [1.82, 2.24) is 0 Å². The molecule has 0 amide bonds. The van der Waals surface area contributed by atoms with Crippen LogP contribution in [-0.4, -0.2) is 0 Å². The van der Waals surface area contributed by atoms with Crippen molar-refractivity contribution in [3.8, 4) is 0 Å². The molecule has 0 radical (unpaired) electrons. The summed E-state index contributed by atoms with van der Waals surface area (Å²) < 4.78 is 0. The molecule has 1 aliphatic carbocycles. The first kappa shape index (κ1) is 81.0. The highest BCUT2D eigenvalue weighted by Gasteiger charge is 2.12. The smallest absolute Gasteiger partial charge is 0.0414 e. The number of rotatable bonds is 76. The Hall–Kier alpha value is 0. The summed E-state index contributed by atoms with van der Waals surface area (Å²) in [6.07, 6.45) is 121. The van der Waals surface area contributed by atoms with Crippen LogP contribution in [0.3, 0.4) is 0 Å². The Bertz CT molecular complexity index is 1070. The van der Waals surface area contributed by atoms with E-state index in [9.17, 15) is 0 Å². The fraction of sp³-hybridized carbons (Fsp3) is 1.00. The molecule has 1 rings (SSSR count). The van der Waals surface area contributed by atoms with Gasteiger partial charge in [-0.1, -0.05) is 527 Å².